The van der Waals surface area contributed by atoms with Crippen molar-refractivity contribution >= 4 is 17.8 Å². The van der Waals surface area contributed by atoms with Crippen molar-refractivity contribution in [1.82, 2.24) is 9.80 Å². The molecule has 0 amide bonds. The molecule has 0 unspecified atom stereocenters. The van der Waals surface area contributed by atoms with Gasteiger partial charge in [0.2, 0.25) is 0 Å². The molecule has 1 saturated heterocycles. The average molecular weight is 353 g/mol. The van der Waals surface area contributed by atoms with Crippen LogP contribution in [0.25, 0.3) is 6.08 Å². The minimum Gasteiger partial charge on any atom is -0.297 e. The molecule has 0 spiro atoms. The Labute approximate surface area is 156 Å². The van der Waals surface area contributed by atoms with Crippen LogP contribution in [-0.2, 0) is 6.54 Å². The lowest BCUT2D eigenvalue weighted by molar-refractivity contribution is 0.137. The van der Waals surface area contributed by atoms with Gasteiger partial charge in [-0.25, -0.2) is 0 Å². The molecule has 0 N–H and O–H groups in total. The SMILES string of the molecule is CCSc1ccc(CN2CCN(C/C=C\c3ccccc3)CC2)cc1. The Morgan fingerprint density at radius 2 is 1.56 bits per heavy atom. The monoisotopic (exact) mass is 352 g/mol. The van der Waals surface area contributed by atoms with Crippen LogP contribution in [0.15, 0.2) is 65.6 Å². The summed E-state index contributed by atoms with van der Waals surface area (Å²) in [5.41, 5.74) is 2.71. The first kappa shape index (κ1) is 18.2. The molecule has 1 aliphatic heterocycles. The van der Waals surface area contributed by atoms with Crippen molar-refractivity contribution in [3.63, 3.8) is 0 Å². The van der Waals surface area contributed by atoms with Crippen molar-refractivity contribution in [2.24, 2.45) is 0 Å². The number of benzene rings is 2. The molecule has 2 nitrogen and oxygen atoms in total. The molecule has 0 aromatic heterocycles. The van der Waals surface area contributed by atoms with Crippen LogP contribution in [0.5, 0.6) is 0 Å². The second kappa shape index (κ2) is 9.81. The Bertz CT molecular complexity index is 643. The standard InChI is InChI=1S/C22H28N2S/c1-2-25-22-12-10-21(11-13-22)19-24-17-15-23(16-18-24)14-6-9-20-7-4-3-5-8-20/h3-13H,2,14-19H2,1H3/b9-6-. The van der Waals surface area contributed by atoms with Crippen LogP contribution in [0.1, 0.15) is 18.1 Å². The lowest BCUT2D eigenvalue weighted by Crippen LogP contribution is -2.45. The zero-order chi connectivity index (χ0) is 17.3. The average Bonchev–Trinajstić information content (AvgIpc) is 2.66. The fourth-order valence-corrected chi connectivity index (χ4v) is 3.81. The zero-order valence-electron chi connectivity index (χ0n) is 15.1. The molecule has 3 heteroatoms. The maximum Gasteiger partial charge on any atom is 0.0234 e. The molecule has 0 atom stereocenters. The van der Waals surface area contributed by atoms with Gasteiger partial charge in [-0.15, -0.1) is 11.8 Å². The first-order valence-corrected chi connectivity index (χ1v) is 10.2. The lowest BCUT2D eigenvalue weighted by atomic mass is 10.2. The van der Waals surface area contributed by atoms with Gasteiger partial charge in [-0.1, -0.05) is 61.5 Å². The number of rotatable bonds is 7. The molecular formula is C22H28N2S. The van der Waals surface area contributed by atoms with Crippen LogP contribution < -0.4 is 0 Å². The highest BCUT2D eigenvalue weighted by Crippen LogP contribution is 2.18. The zero-order valence-corrected chi connectivity index (χ0v) is 15.9. The van der Waals surface area contributed by atoms with Crippen molar-refractivity contribution in [2.75, 3.05) is 38.5 Å². The minimum absolute atomic E-state index is 1.05. The Kier molecular flexibility index (Phi) is 7.16. The van der Waals surface area contributed by atoms with Crippen LogP contribution in [-0.4, -0.2) is 48.3 Å². The van der Waals surface area contributed by atoms with Gasteiger partial charge in [-0.3, -0.25) is 9.80 Å². The lowest BCUT2D eigenvalue weighted by Gasteiger charge is -2.34. The molecule has 1 fully saturated rings. The van der Waals surface area contributed by atoms with Crippen LogP contribution in [0, 0.1) is 0 Å². The highest BCUT2D eigenvalue weighted by molar-refractivity contribution is 7.99. The van der Waals surface area contributed by atoms with E-state index in [1.807, 2.05) is 11.8 Å². The first-order valence-electron chi connectivity index (χ1n) is 9.21. The van der Waals surface area contributed by atoms with Gasteiger partial charge < -0.3 is 0 Å². The maximum absolute atomic E-state index is 2.57. The van der Waals surface area contributed by atoms with E-state index in [0.717, 1.165) is 45.0 Å². The quantitative estimate of drug-likeness (QED) is 0.671. The Morgan fingerprint density at radius 3 is 2.24 bits per heavy atom. The van der Waals surface area contributed by atoms with E-state index in [1.54, 1.807) is 0 Å². The maximum atomic E-state index is 2.57. The second-order valence-corrected chi connectivity index (χ2v) is 7.80. The molecule has 0 bridgehead atoms. The molecular weight excluding hydrogens is 324 g/mol. The van der Waals surface area contributed by atoms with Crippen LogP contribution >= 0.6 is 11.8 Å². The summed E-state index contributed by atoms with van der Waals surface area (Å²) in [4.78, 5) is 6.48. The largest absolute Gasteiger partial charge is 0.297 e. The van der Waals surface area contributed by atoms with Crippen molar-refractivity contribution in [1.29, 1.82) is 0 Å². The predicted molar refractivity (Wildman–Crippen MR) is 110 cm³/mol. The van der Waals surface area contributed by atoms with E-state index in [2.05, 4.69) is 83.5 Å². The third kappa shape index (κ3) is 6.03. The van der Waals surface area contributed by atoms with Gasteiger partial charge in [0.1, 0.15) is 0 Å². The molecule has 0 saturated carbocycles. The van der Waals surface area contributed by atoms with Crippen molar-refractivity contribution < 1.29 is 0 Å². The van der Waals surface area contributed by atoms with Gasteiger partial charge in [0.05, 0.1) is 0 Å². The Balaban J connectivity index is 1.40. The summed E-state index contributed by atoms with van der Waals surface area (Å²) in [6.07, 6.45) is 4.51. The Morgan fingerprint density at radius 1 is 0.880 bits per heavy atom. The van der Waals surface area contributed by atoms with Gasteiger partial charge in [-0.05, 0) is 29.0 Å². The topological polar surface area (TPSA) is 6.48 Å². The van der Waals surface area contributed by atoms with Gasteiger partial charge in [-0.2, -0.15) is 0 Å². The third-order valence-corrected chi connectivity index (χ3v) is 5.47. The number of piperazine rings is 1. The Hall–Kier alpha value is -1.55. The van der Waals surface area contributed by atoms with Crippen LogP contribution in [0.2, 0.25) is 0 Å². The molecule has 0 aliphatic carbocycles. The highest BCUT2D eigenvalue weighted by Gasteiger charge is 2.15. The van der Waals surface area contributed by atoms with Crippen LogP contribution in [0.3, 0.4) is 0 Å². The van der Waals surface area contributed by atoms with E-state index in [4.69, 9.17) is 0 Å². The summed E-state index contributed by atoms with van der Waals surface area (Å²) in [6.45, 7) is 8.95. The normalized spacial score (nSPS) is 16.5. The minimum atomic E-state index is 1.05. The van der Waals surface area contributed by atoms with E-state index in [1.165, 1.54) is 16.0 Å². The molecule has 25 heavy (non-hydrogen) atoms. The van der Waals surface area contributed by atoms with E-state index in [9.17, 15) is 0 Å². The summed E-state index contributed by atoms with van der Waals surface area (Å²) in [7, 11) is 0. The van der Waals surface area contributed by atoms with Crippen molar-refractivity contribution in [3.05, 3.63) is 71.8 Å². The molecule has 3 rings (SSSR count). The highest BCUT2D eigenvalue weighted by atomic mass is 32.2. The molecule has 1 aliphatic rings. The smallest absolute Gasteiger partial charge is 0.0234 e. The molecule has 2 aromatic rings. The van der Waals surface area contributed by atoms with Gasteiger partial charge in [0, 0.05) is 44.2 Å². The van der Waals surface area contributed by atoms with Crippen molar-refractivity contribution in [3.8, 4) is 0 Å². The molecule has 0 radical (unpaired) electrons. The number of hydrogen-bond acceptors (Lipinski definition) is 3. The number of nitrogens with zero attached hydrogens (tertiary/aromatic N) is 2. The second-order valence-electron chi connectivity index (χ2n) is 6.47. The van der Waals surface area contributed by atoms with Crippen LogP contribution in [0.4, 0.5) is 0 Å². The van der Waals surface area contributed by atoms with Gasteiger partial charge in [0.15, 0.2) is 0 Å². The predicted octanol–water partition coefficient (Wildman–Crippen LogP) is 4.63. The first-order chi connectivity index (χ1) is 12.3. The van der Waals surface area contributed by atoms with E-state index in [-0.39, 0.29) is 0 Å². The summed E-state index contributed by atoms with van der Waals surface area (Å²) in [6, 6.07) is 19.6. The van der Waals surface area contributed by atoms with E-state index in [0.29, 0.717) is 0 Å². The molecule has 1 heterocycles. The number of thioether (sulfide) groups is 1. The van der Waals surface area contributed by atoms with Crippen molar-refractivity contribution in [2.45, 2.75) is 18.4 Å². The summed E-state index contributed by atoms with van der Waals surface area (Å²) in [5.74, 6) is 1.14. The molecule has 2 aromatic carbocycles. The summed E-state index contributed by atoms with van der Waals surface area (Å²) in [5, 5.41) is 0. The summed E-state index contributed by atoms with van der Waals surface area (Å²) < 4.78 is 0. The molecule has 132 valence electrons. The van der Waals surface area contributed by atoms with E-state index < -0.39 is 0 Å². The summed E-state index contributed by atoms with van der Waals surface area (Å²) >= 11 is 1.91. The fourth-order valence-electron chi connectivity index (χ4n) is 3.15. The van der Waals surface area contributed by atoms with E-state index >= 15 is 0 Å². The fraction of sp³-hybridized carbons (Fsp3) is 0.364. The van der Waals surface area contributed by atoms with Gasteiger partial charge >= 0.3 is 0 Å². The van der Waals surface area contributed by atoms with Gasteiger partial charge in [0.25, 0.3) is 0 Å². The third-order valence-electron chi connectivity index (χ3n) is 4.58. The number of hydrogen-bond donors (Lipinski definition) is 0.